The molecule has 0 radical (unpaired) electrons. The number of nitrogens with one attached hydrogen (secondary N) is 1. The molecule has 0 bridgehead atoms. The van der Waals surface area contributed by atoms with Crippen molar-refractivity contribution in [3.05, 3.63) is 44.4 Å². The highest BCUT2D eigenvalue weighted by Crippen LogP contribution is 2.26. The van der Waals surface area contributed by atoms with Crippen LogP contribution in [0.25, 0.3) is 0 Å². The Morgan fingerprint density at radius 3 is 2.65 bits per heavy atom. The van der Waals surface area contributed by atoms with Gasteiger partial charge in [0.2, 0.25) is 0 Å². The summed E-state index contributed by atoms with van der Waals surface area (Å²) in [6.45, 7) is 3.31. The normalized spacial score (nSPS) is 10.3. The molecule has 1 aromatic heterocycles. The van der Waals surface area contributed by atoms with Gasteiger partial charge in [0.25, 0.3) is 11.6 Å². The first kappa shape index (κ1) is 13.9. The lowest BCUT2D eigenvalue weighted by Crippen LogP contribution is -2.13. The molecule has 3 N–H and O–H groups in total. The molecule has 2 rings (SSSR count). The zero-order valence-electron chi connectivity index (χ0n) is 10.8. The number of nitrogen functional groups attached to an aromatic ring is 1. The summed E-state index contributed by atoms with van der Waals surface area (Å²) in [5.74, 6) is -0.394. The molecule has 0 atom stereocenters. The minimum absolute atomic E-state index is 0.0263. The van der Waals surface area contributed by atoms with Crippen molar-refractivity contribution in [1.29, 1.82) is 0 Å². The molecule has 0 saturated carbocycles. The van der Waals surface area contributed by atoms with Gasteiger partial charge in [-0.25, -0.2) is 4.98 Å². The first-order chi connectivity index (χ1) is 9.38. The molecule has 1 aromatic carbocycles. The van der Waals surface area contributed by atoms with Crippen LogP contribution in [0.2, 0.25) is 0 Å². The van der Waals surface area contributed by atoms with Crippen LogP contribution in [0.3, 0.4) is 0 Å². The van der Waals surface area contributed by atoms with Crippen molar-refractivity contribution >= 4 is 33.8 Å². The Kier molecular flexibility index (Phi) is 3.66. The van der Waals surface area contributed by atoms with Gasteiger partial charge in [-0.3, -0.25) is 14.9 Å². The van der Waals surface area contributed by atoms with E-state index in [9.17, 15) is 14.9 Å². The fourth-order valence-electron chi connectivity index (χ4n) is 1.71. The minimum atomic E-state index is -0.449. The number of carbonyl (C=O) groups is 1. The summed E-state index contributed by atoms with van der Waals surface area (Å²) in [5, 5.41) is 15.4. The van der Waals surface area contributed by atoms with E-state index in [1.165, 1.54) is 17.4 Å². The Bertz CT molecular complexity index is 696. The molecule has 0 aliphatic carbocycles. The Hall–Kier alpha value is -2.48. The number of benzene rings is 1. The molecule has 0 aliphatic rings. The highest BCUT2D eigenvalue weighted by molar-refractivity contribution is 7.13. The van der Waals surface area contributed by atoms with E-state index in [0.29, 0.717) is 21.9 Å². The molecular formula is C12H12N4O3S. The topological polar surface area (TPSA) is 111 Å². The number of aromatic nitrogens is 1. The number of aryl methyl sites for hydroxylation is 2. The Labute approximate surface area is 118 Å². The zero-order valence-corrected chi connectivity index (χ0v) is 11.7. The summed E-state index contributed by atoms with van der Waals surface area (Å²) in [6, 6.07) is 3.00. The number of nitro groups is 1. The number of hydrogen-bond acceptors (Lipinski definition) is 6. The van der Waals surface area contributed by atoms with E-state index in [1.54, 1.807) is 25.3 Å². The average molecular weight is 292 g/mol. The van der Waals surface area contributed by atoms with E-state index < -0.39 is 10.8 Å². The predicted molar refractivity (Wildman–Crippen MR) is 77.1 cm³/mol. The van der Waals surface area contributed by atoms with Crippen LogP contribution in [0.4, 0.5) is 16.5 Å². The number of hydrogen-bond donors (Lipinski definition) is 2. The smallest absolute Gasteiger partial charge is 0.275 e. The van der Waals surface area contributed by atoms with Crippen LogP contribution in [0.1, 0.15) is 21.6 Å². The fourth-order valence-corrected chi connectivity index (χ4v) is 2.25. The van der Waals surface area contributed by atoms with Crippen molar-refractivity contribution < 1.29 is 9.72 Å². The van der Waals surface area contributed by atoms with Gasteiger partial charge in [0.15, 0.2) is 5.13 Å². The van der Waals surface area contributed by atoms with Gasteiger partial charge in [-0.1, -0.05) is 0 Å². The SMILES string of the molecule is Cc1cc([N+](=O)[O-])c(C)cc1NC(=O)c1csc(N)n1. The van der Waals surface area contributed by atoms with Crippen LogP contribution in [0.5, 0.6) is 0 Å². The summed E-state index contributed by atoms with van der Waals surface area (Å²) in [5.41, 5.74) is 7.33. The third-order valence-electron chi connectivity index (χ3n) is 2.74. The molecule has 1 heterocycles. The second-order valence-corrected chi connectivity index (χ2v) is 5.13. The van der Waals surface area contributed by atoms with Crippen LogP contribution in [-0.4, -0.2) is 15.8 Å². The van der Waals surface area contributed by atoms with E-state index >= 15 is 0 Å². The lowest BCUT2D eigenvalue weighted by Gasteiger charge is -2.08. The van der Waals surface area contributed by atoms with Gasteiger partial charge >= 0.3 is 0 Å². The number of anilines is 2. The molecule has 8 heteroatoms. The number of amides is 1. The second-order valence-electron chi connectivity index (χ2n) is 4.24. The van der Waals surface area contributed by atoms with E-state index in [2.05, 4.69) is 10.3 Å². The van der Waals surface area contributed by atoms with E-state index in [0.717, 1.165) is 0 Å². The van der Waals surface area contributed by atoms with Gasteiger partial charge in [0.1, 0.15) is 5.69 Å². The van der Waals surface area contributed by atoms with Crippen molar-refractivity contribution in [2.45, 2.75) is 13.8 Å². The number of nitrogens with zero attached hydrogens (tertiary/aromatic N) is 2. The number of nitro benzene ring substituents is 1. The third kappa shape index (κ3) is 2.75. The number of nitrogens with two attached hydrogens (primary N) is 1. The zero-order chi connectivity index (χ0) is 14.9. The number of thiazole rings is 1. The monoisotopic (exact) mass is 292 g/mol. The van der Waals surface area contributed by atoms with Gasteiger partial charge in [-0.15, -0.1) is 11.3 Å². The fraction of sp³-hybridized carbons (Fsp3) is 0.167. The van der Waals surface area contributed by atoms with Crippen LogP contribution < -0.4 is 11.1 Å². The number of carbonyl (C=O) groups excluding carboxylic acids is 1. The summed E-state index contributed by atoms with van der Waals surface area (Å²) < 4.78 is 0. The van der Waals surface area contributed by atoms with Gasteiger partial charge in [-0.05, 0) is 25.5 Å². The summed E-state index contributed by atoms with van der Waals surface area (Å²) in [4.78, 5) is 26.2. The van der Waals surface area contributed by atoms with Crippen molar-refractivity contribution in [3.8, 4) is 0 Å². The van der Waals surface area contributed by atoms with Crippen molar-refractivity contribution in [3.63, 3.8) is 0 Å². The maximum atomic E-state index is 12.0. The second kappa shape index (κ2) is 5.25. The van der Waals surface area contributed by atoms with Crippen LogP contribution in [0, 0.1) is 24.0 Å². The summed E-state index contributed by atoms with van der Waals surface area (Å²) in [6.07, 6.45) is 0. The van der Waals surface area contributed by atoms with E-state index in [-0.39, 0.29) is 11.4 Å². The summed E-state index contributed by atoms with van der Waals surface area (Å²) in [7, 11) is 0. The molecule has 2 aromatic rings. The largest absolute Gasteiger partial charge is 0.375 e. The van der Waals surface area contributed by atoms with Gasteiger partial charge in [0.05, 0.1) is 4.92 Å². The lowest BCUT2D eigenvalue weighted by atomic mass is 10.1. The van der Waals surface area contributed by atoms with Gasteiger partial charge in [-0.2, -0.15) is 0 Å². The molecule has 1 amide bonds. The highest BCUT2D eigenvalue weighted by atomic mass is 32.1. The van der Waals surface area contributed by atoms with Gasteiger partial charge < -0.3 is 11.1 Å². The standard InChI is InChI=1S/C12H12N4O3S/c1-6-4-10(16(18)19)7(2)3-8(6)14-11(17)9-5-20-12(13)15-9/h3-5H,1-2H3,(H2,13,15)(H,14,17). The molecule has 20 heavy (non-hydrogen) atoms. The lowest BCUT2D eigenvalue weighted by molar-refractivity contribution is -0.385. The van der Waals surface area contributed by atoms with Crippen LogP contribution in [-0.2, 0) is 0 Å². The van der Waals surface area contributed by atoms with Crippen molar-refractivity contribution in [2.24, 2.45) is 0 Å². The van der Waals surface area contributed by atoms with Crippen LogP contribution >= 0.6 is 11.3 Å². The summed E-state index contributed by atoms with van der Waals surface area (Å²) >= 11 is 1.17. The molecular weight excluding hydrogens is 280 g/mol. The molecule has 104 valence electrons. The molecule has 0 aliphatic heterocycles. The molecule has 0 fully saturated rings. The third-order valence-corrected chi connectivity index (χ3v) is 3.42. The van der Waals surface area contributed by atoms with Crippen LogP contribution in [0.15, 0.2) is 17.5 Å². The predicted octanol–water partition coefficient (Wildman–Crippen LogP) is 2.50. The van der Waals surface area contributed by atoms with Crippen molar-refractivity contribution in [2.75, 3.05) is 11.1 Å². The first-order valence-corrected chi connectivity index (χ1v) is 6.54. The molecule has 0 unspecified atom stereocenters. The van der Waals surface area contributed by atoms with E-state index in [1.807, 2.05) is 0 Å². The molecule has 0 saturated heterocycles. The first-order valence-electron chi connectivity index (χ1n) is 5.66. The molecule has 7 nitrogen and oxygen atoms in total. The number of rotatable bonds is 3. The maximum Gasteiger partial charge on any atom is 0.275 e. The quantitative estimate of drug-likeness (QED) is 0.667. The molecule has 0 spiro atoms. The minimum Gasteiger partial charge on any atom is -0.375 e. The maximum absolute atomic E-state index is 12.0. The van der Waals surface area contributed by atoms with Gasteiger partial charge in [0, 0.05) is 22.7 Å². The Morgan fingerprint density at radius 2 is 2.10 bits per heavy atom. The highest BCUT2D eigenvalue weighted by Gasteiger charge is 2.16. The van der Waals surface area contributed by atoms with E-state index in [4.69, 9.17) is 5.73 Å². The van der Waals surface area contributed by atoms with Crippen molar-refractivity contribution in [1.82, 2.24) is 4.98 Å². The Morgan fingerprint density at radius 1 is 1.40 bits per heavy atom. The average Bonchev–Trinajstić information content (AvgIpc) is 2.79. The Balaban J connectivity index is 2.28.